The fourth-order valence-electron chi connectivity index (χ4n) is 4.06. The first-order chi connectivity index (χ1) is 12.8. The number of benzene rings is 2. The molecule has 0 saturated carbocycles. The van der Waals surface area contributed by atoms with Gasteiger partial charge in [0.1, 0.15) is 5.69 Å². The Morgan fingerprint density at radius 1 is 1.22 bits per heavy atom. The van der Waals surface area contributed by atoms with E-state index in [0.717, 1.165) is 32.1 Å². The van der Waals surface area contributed by atoms with E-state index in [-0.39, 0.29) is 22.5 Å². The van der Waals surface area contributed by atoms with E-state index < -0.39 is 14.8 Å². The van der Waals surface area contributed by atoms with E-state index in [4.69, 9.17) is 0 Å². The second-order valence-electron chi connectivity index (χ2n) is 7.01. The maximum absolute atomic E-state index is 11.8. The van der Waals surface area contributed by atoms with Crippen molar-refractivity contribution in [3.63, 3.8) is 0 Å². The highest BCUT2D eigenvalue weighted by atomic mass is 32.2. The minimum Gasteiger partial charge on any atom is -0.362 e. The molecule has 0 aliphatic carbocycles. The van der Waals surface area contributed by atoms with Crippen LogP contribution in [-0.4, -0.2) is 32.2 Å². The van der Waals surface area contributed by atoms with Gasteiger partial charge in [-0.2, -0.15) is 0 Å². The number of rotatable bonds is 6. The molecule has 2 atom stereocenters. The van der Waals surface area contributed by atoms with Gasteiger partial charge >= 0.3 is 0 Å². The second kappa shape index (κ2) is 7.68. The average Bonchev–Trinajstić information content (AvgIpc) is 3.11. The molecular weight excluding hydrogens is 364 g/mol. The maximum atomic E-state index is 11.8. The van der Waals surface area contributed by atoms with E-state index in [9.17, 15) is 18.5 Å². The topological polar surface area (TPSA) is 80.5 Å². The molecule has 1 heterocycles. The molecule has 0 unspecified atom stereocenters. The summed E-state index contributed by atoms with van der Waals surface area (Å²) in [5.41, 5.74) is 1.59. The van der Waals surface area contributed by atoms with Gasteiger partial charge in [-0.25, -0.2) is 8.42 Å². The molecule has 0 bridgehead atoms. The van der Waals surface area contributed by atoms with Crippen molar-refractivity contribution in [3.05, 3.63) is 64.2 Å². The average molecular weight is 388 g/mol. The quantitative estimate of drug-likeness (QED) is 0.548. The molecule has 0 amide bonds. The number of nitro groups is 1. The zero-order valence-electron chi connectivity index (χ0n) is 15.5. The number of sulfone groups is 1. The second-order valence-corrected chi connectivity index (χ2v) is 9.02. The lowest BCUT2D eigenvalue weighted by atomic mass is 9.87. The number of hydrogen-bond acceptors (Lipinski definition) is 5. The Bertz CT molecular complexity index is 928. The van der Waals surface area contributed by atoms with Crippen molar-refractivity contribution in [2.75, 3.05) is 17.7 Å². The molecule has 1 aliphatic rings. The lowest BCUT2D eigenvalue weighted by molar-refractivity contribution is -0.384. The maximum Gasteiger partial charge on any atom is 0.293 e. The third kappa shape index (κ3) is 3.98. The molecule has 27 heavy (non-hydrogen) atoms. The van der Waals surface area contributed by atoms with Crippen LogP contribution in [0.2, 0.25) is 0 Å². The molecule has 0 N–H and O–H groups in total. The Labute approximate surface area is 159 Å². The minimum absolute atomic E-state index is 0.0243. The Hall–Kier alpha value is -2.41. The van der Waals surface area contributed by atoms with Gasteiger partial charge in [-0.3, -0.25) is 10.1 Å². The van der Waals surface area contributed by atoms with Crippen molar-refractivity contribution < 1.29 is 13.3 Å². The Morgan fingerprint density at radius 3 is 2.52 bits per heavy atom. The summed E-state index contributed by atoms with van der Waals surface area (Å²) >= 11 is 0. The minimum atomic E-state index is -3.50. The molecule has 0 spiro atoms. The zero-order valence-corrected chi connectivity index (χ0v) is 16.4. The lowest BCUT2D eigenvalue weighted by Gasteiger charge is -2.33. The van der Waals surface area contributed by atoms with Gasteiger partial charge in [-0.05, 0) is 37.0 Å². The number of hydrogen-bond donors (Lipinski definition) is 0. The van der Waals surface area contributed by atoms with Crippen LogP contribution < -0.4 is 4.90 Å². The summed E-state index contributed by atoms with van der Waals surface area (Å²) in [5.74, 6) is 0.267. The van der Waals surface area contributed by atoms with Crippen molar-refractivity contribution in [3.8, 4) is 0 Å². The summed E-state index contributed by atoms with van der Waals surface area (Å²) in [6, 6.07) is 14.6. The normalized spacial score (nSPS) is 18.4. The van der Waals surface area contributed by atoms with Crippen molar-refractivity contribution in [2.45, 2.75) is 43.0 Å². The molecule has 2 aromatic carbocycles. The first-order valence-electron chi connectivity index (χ1n) is 9.13. The monoisotopic (exact) mass is 388 g/mol. The van der Waals surface area contributed by atoms with Crippen LogP contribution in [0.1, 0.15) is 37.7 Å². The summed E-state index contributed by atoms with van der Waals surface area (Å²) in [6.07, 6.45) is 3.91. The molecule has 7 heteroatoms. The number of anilines is 1. The van der Waals surface area contributed by atoms with Crippen molar-refractivity contribution >= 4 is 21.2 Å². The van der Waals surface area contributed by atoms with Crippen LogP contribution in [0.4, 0.5) is 11.4 Å². The van der Waals surface area contributed by atoms with E-state index in [1.165, 1.54) is 17.7 Å². The van der Waals surface area contributed by atoms with Crippen LogP contribution in [0.25, 0.3) is 0 Å². The molecule has 6 nitrogen and oxygen atoms in total. The third-order valence-corrected chi connectivity index (χ3v) is 6.42. The van der Waals surface area contributed by atoms with Gasteiger partial charge in [-0.15, -0.1) is 0 Å². The van der Waals surface area contributed by atoms with Gasteiger partial charge in [0, 0.05) is 30.8 Å². The van der Waals surface area contributed by atoms with Crippen LogP contribution in [0, 0.1) is 10.1 Å². The molecule has 1 saturated heterocycles. The number of nitrogens with zero attached hydrogens (tertiary/aromatic N) is 2. The van der Waals surface area contributed by atoms with Gasteiger partial charge in [0.15, 0.2) is 9.84 Å². The van der Waals surface area contributed by atoms with E-state index in [1.807, 2.05) is 18.2 Å². The largest absolute Gasteiger partial charge is 0.362 e. The van der Waals surface area contributed by atoms with Crippen LogP contribution >= 0.6 is 0 Å². The third-order valence-electron chi connectivity index (χ3n) is 5.31. The molecule has 0 aromatic heterocycles. The summed E-state index contributed by atoms with van der Waals surface area (Å²) in [6.45, 7) is 2.86. The molecule has 0 radical (unpaired) electrons. The predicted molar refractivity (Wildman–Crippen MR) is 106 cm³/mol. The first-order valence-corrected chi connectivity index (χ1v) is 11.0. The Morgan fingerprint density at radius 2 is 1.93 bits per heavy atom. The standard InChI is InChI=1S/C20H24N2O4S/c1-3-17(15-8-5-4-6-9-15)18-10-7-13-21(18)19-12-11-16(27(2,25)26)14-20(19)22(23)24/h4-6,8-9,11-12,14,17-18H,3,7,10,13H2,1-2H3/t17-,18+/m0/s1. The van der Waals surface area contributed by atoms with Crippen molar-refractivity contribution in [1.82, 2.24) is 0 Å². The molecule has 2 aromatic rings. The summed E-state index contributed by atoms with van der Waals surface area (Å²) in [7, 11) is -3.50. The van der Waals surface area contributed by atoms with Gasteiger partial charge in [0.05, 0.1) is 9.82 Å². The molecule has 1 fully saturated rings. The van der Waals surface area contributed by atoms with E-state index in [2.05, 4.69) is 24.0 Å². The molecule has 3 rings (SSSR count). The van der Waals surface area contributed by atoms with E-state index in [1.54, 1.807) is 6.07 Å². The summed E-state index contributed by atoms with van der Waals surface area (Å²) in [4.78, 5) is 13.2. The van der Waals surface area contributed by atoms with Crippen LogP contribution in [0.15, 0.2) is 53.4 Å². The Balaban J connectivity index is 2.03. The summed E-state index contributed by atoms with van der Waals surface area (Å²) in [5, 5.41) is 11.7. The Kier molecular flexibility index (Phi) is 5.51. The van der Waals surface area contributed by atoms with Crippen molar-refractivity contribution in [2.24, 2.45) is 0 Å². The van der Waals surface area contributed by atoms with E-state index in [0.29, 0.717) is 5.69 Å². The van der Waals surface area contributed by atoms with Crippen LogP contribution in [0.3, 0.4) is 0 Å². The van der Waals surface area contributed by atoms with E-state index >= 15 is 0 Å². The smallest absolute Gasteiger partial charge is 0.293 e. The SMILES string of the molecule is CC[C@@H](c1ccccc1)[C@H]1CCCN1c1ccc(S(C)(=O)=O)cc1[N+](=O)[O-]. The fourth-order valence-corrected chi connectivity index (χ4v) is 4.70. The van der Waals surface area contributed by atoms with Gasteiger partial charge in [0.25, 0.3) is 5.69 Å². The number of nitro benzene ring substituents is 1. The predicted octanol–water partition coefficient (Wildman–Crippen LogP) is 4.16. The molecule has 1 aliphatic heterocycles. The first kappa shape index (κ1) is 19.4. The van der Waals surface area contributed by atoms with Crippen molar-refractivity contribution in [1.29, 1.82) is 0 Å². The zero-order chi connectivity index (χ0) is 19.6. The highest BCUT2D eigenvalue weighted by Crippen LogP contribution is 2.40. The highest BCUT2D eigenvalue weighted by molar-refractivity contribution is 7.90. The molecule has 144 valence electrons. The fraction of sp³-hybridized carbons (Fsp3) is 0.400. The summed E-state index contributed by atoms with van der Waals surface area (Å²) < 4.78 is 23.6. The molecular formula is C20H24N2O4S. The lowest BCUT2D eigenvalue weighted by Crippen LogP contribution is -2.34. The van der Waals surface area contributed by atoms with Gasteiger partial charge in [-0.1, -0.05) is 37.3 Å². The van der Waals surface area contributed by atoms with Crippen LogP contribution in [0.5, 0.6) is 0 Å². The van der Waals surface area contributed by atoms with Gasteiger partial charge < -0.3 is 4.90 Å². The van der Waals surface area contributed by atoms with Gasteiger partial charge in [0.2, 0.25) is 0 Å². The van der Waals surface area contributed by atoms with Crippen LogP contribution in [-0.2, 0) is 9.84 Å². The highest BCUT2D eigenvalue weighted by Gasteiger charge is 2.35.